The Hall–Kier alpha value is -0.840. The van der Waals surface area contributed by atoms with E-state index in [-0.39, 0.29) is 28.9 Å². The maximum atomic E-state index is 12.5. The van der Waals surface area contributed by atoms with Crippen molar-refractivity contribution in [1.29, 1.82) is 0 Å². The number of rotatable bonds is 3. The second kappa shape index (κ2) is 6.55. The highest BCUT2D eigenvalue weighted by Gasteiger charge is 2.28. The average Bonchev–Trinajstić information content (AvgIpc) is 2.39. The van der Waals surface area contributed by atoms with Crippen LogP contribution in [0.25, 0.3) is 0 Å². The first-order chi connectivity index (χ1) is 9.13. The van der Waals surface area contributed by atoms with Crippen LogP contribution in [-0.2, 0) is 0 Å². The zero-order valence-corrected chi connectivity index (χ0v) is 12.0. The van der Waals surface area contributed by atoms with Crippen molar-refractivity contribution in [2.75, 3.05) is 13.2 Å². The molecule has 1 unspecified atom stereocenters. The lowest BCUT2D eigenvalue weighted by atomic mass is 9.98. The Morgan fingerprint density at radius 3 is 2.89 bits per heavy atom. The first kappa shape index (κ1) is 14.6. The molecule has 0 saturated carbocycles. The number of hydrogen-bond acceptors (Lipinski definition) is 3. The quantitative estimate of drug-likeness (QED) is 0.874. The lowest BCUT2D eigenvalue weighted by Gasteiger charge is -2.35. The van der Waals surface area contributed by atoms with Crippen LogP contribution in [0.1, 0.15) is 36.0 Å². The fourth-order valence-electron chi connectivity index (χ4n) is 2.44. The Morgan fingerprint density at radius 2 is 2.21 bits per heavy atom. The summed E-state index contributed by atoms with van der Waals surface area (Å²) in [6.45, 7) is 0.781. The van der Waals surface area contributed by atoms with Crippen molar-refractivity contribution in [3.63, 3.8) is 0 Å². The van der Waals surface area contributed by atoms with E-state index >= 15 is 0 Å². The first-order valence-corrected chi connectivity index (χ1v) is 7.13. The molecule has 2 heterocycles. The number of hydrogen-bond donors (Lipinski definition) is 1. The summed E-state index contributed by atoms with van der Waals surface area (Å²) in [5.74, 6) is -0.132. The van der Waals surface area contributed by atoms with Crippen LogP contribution in [0.4, 0.5) is 0 Å². The molecule has 1 aromatic heterocycles. The second-order valence-electron chi connectivity index (χ2n) is 4.63. The summed E-state index contributed by atoms with van der Waals surface area (Å²) in [5.41, 5.74) is 0.371. The third-order valence-corrected chi connectivity index (χ3v) is 3.89. The molecule has 1 fully saturated rings. The second-order valence-corrected chi connectivity index (χ2v) is 5.38. The van der Waals surface area contributed by atoms with E-state index < -0.39 is 0 Å². The van der Waals surface area contributed by atoms with Gasteiger partial charge in [-0.25, -0.2) is 4.98 Å². The van der Waals surface area contributed by atoms with Gasteiger partial charge in [-0.2, -0.15) is 0 Å². The molecule has 1 aromatic rings. The van der Waals surface area contributed by atoms with E-state index in [9.17, 15) is 4.79 Å². The van der Waals surface area contributed by atoms with Gasteiger partial charge in [-0.15, -0.1) is 0 Å². The van der Waals surface area contributed by atoms with Crippen molar-refractivity contribution >= 4 is 29.1 Å². The average molecular weight is 303 g/mol. The van der Waals surface area contributed by atoms with Crippen LogP contribution in [0.3, 0.4) is 0 Å². The summed E-state index contributed by atoms with van der Waals surface area (Å²) in [5, 5.41) is 9.49. The molecule has 1 amide bonds. The number of piperidine rings is 1. The SMILES string of the molecule is O=C(c1ccc(Cl)nc1Cl)N1CCCCC1CCO. The monoisotopic (exact) mass is 302 g/mol. The molecule has 6 heteroatoms. The zero-order valence-electron chi connectivity index (χ0n) is 10.5. The number of carbonyl (C=O) groups is 1. The molecule has 4 nitrogen and oxygen atoms in total. The van der Waals surface area contributed by atoms with Crippen molar-refractivity contribution in [3.8, 4) is 0 Å². The predicted molar refractivity (Wildman–Crippen MR) is 74.6 cm³/mol. The number of amides is 1. The van der Waals surface area contributed by atoms with Gasteiger partial charge in [-0.3, -0.25) is 4.79 Å². The zero-order chi connectivity index (χ0) is 13.8. The molecule has 1 saturated heterocycles. The molecule has 0 radical (unpaired) electrons. The largest absolute Gasteiger partial charge is 0.396 e. The molecule has 0 aromatic carbocycles. The fourth-order valence-corrected chi connectivity index (χ4v) is 2.87. The van der Waals surface area contributed by atoms with E-state index in [0.717, 1.165) is 19.3 Å². The third kappa shape index (κ3) is 3.38. The van der Waals surface area contributed by atoms with Crippen LogP contribution >= 0.6 is 23.2 Å². The van der Waals surface area contributed by atoms with Crippen LogP contribution in [0, 0.1) is 0 Å². The smallest absolute Gasteiger partial charge is 0.257 e. The number of pyridine rings is 1. The van der Waals surface area contributed by atoms with Gasteiger partial charge >= 0.3 is 0 Å². The van der Waals surface area contributed by atoms with Crippen LogP contribution in [0.15, 0.2) is 12.1 Å². The molecule has 1 N–H and O–H groups in total. The Kier molecular flexibility index (Phi) is 5.02. The first-order valence-electron chi connectivity index (χ1n) is 6.37. The molecule has 1 atom stereocenters. The van der Waals surface area contributed by atoms with E-state index in [1.165, 1.54) is 0 Å². The summed E-state index contributed by atoms with van der Waals surface area (Å²) in [7, 11) is 0. The van der Waals surface area contributed by atoms with Gasteiger partial charge in [-0.1, -0.05) is 23.2 Å². The molecular formula is C13H16Cl2N2O2. The van der Waals surface area contributed by atoms with Gasteiger partial charge in [-0.05, 0) is 37.8 Å². The highest BCUT2D eigenvalue weighted by molar-refractivity contribution is 6.34. The van der Waals surface area contributed by atoms with Crippen molar-refractivity contribution < 1.29 is 9.90 Å². The summed E-state index contributed by atoms with van der Waals surface area (Å²) < 4.78 is 0. The van der Waals surface area contributed by atoms with Crippen molar-refractivity contribution in [3.05, 3.63) is 28.0 Å². The minimum atomic E-state index is -0.132. The highest BCUT2D eigenvalue weighted by atomic mass is 35.5. The van der Waals surface area contributed by atoms with Gasteiger partial charge in [0.15, 0.2) is 0 Å². The minimum Gasteiger partial charge on any atom is -0.396 e. The molecule has 19 heavy (non-hydrogen) atoms. The third-order valence-electron chi connectivity index (χ3n) is 3.40. The van der Waals surface area contributed by atoms with Gasteiger partial charge in [0, 0.05) is 19.2 Å². The number of halogens is 2. The predicted octanol–water partition coefficient (Wildman–Crippen LogP) is 2.77. The van der Waals surface area contributed by atoms with E-state index in [0.29, 0.717) is 18.5 Å². The molecule has 0 bridgehead atoms. The Labute approximate surface area is 122 Å². The number of carbonyl (C=O) groups excluding carboxylic acids is 1. The maximum absolute atomic E-state index is 12.5. The minimum absolute atomic E-state index is 0.0815. The molecular weight excluding hydrogens is 287 g/mol. The molecule has 1 aliphatic rings. The Bertz CT molecular complexity index is 466. The van der Waals surface area contributed by atoms with Crippen molar-refractivity contribution in [1.82, 2.24) is 9.88 Å². The Morgan fingerprint density at radius 1 is 1.42 bits per heavy atom. The normalized spacial score (nSPS) is 19.5. The van der Waals surface area contributed by atoms with E-state index in [1.54, 1.807) is 17.0 Å². The maximum Gasteiger partial charge on any atom is 0.257 e. The summed E-state index contributed by atoms with van der Waals surface area (Å²) in [6.07, 6.45) is 3.59. The van der Waals surface area contributed by atoms with Gasteiger partial charge in [0.25, 0.3) is 5.91 Å². The highest BCUT2D eigenvalue weighted by Crippen LogP contribution is 2.24. The number of aliphatic hydroxyl groups excluding tert-OH is 1. The van der Waals surface area contributed by atoms with Crippen LogP contribution in [0.5, 0.6) is 0 Å². The van der Waals surface area contributed by atoms with Gasteiger partial charge < -0.3 is 10.0 Å². The molecule has 104 valence electrons. The number of aliphatic hydroxyl groups is 1. The van der Waals surface area contributed by atoms with E-state index in [1.807, 2.05) is 0 Å². The van der Waals surface area contributed by atoms with Gasteiger partial charge in [0.2, 0.25) is 0 Å². The standard InChI is InChI=1S/C13H16Cl2N2O2/c14-11-5-4-10(12(15)16-11)13(19)17-7-2-1-3-9(17)6-8-18/h4-5,9,18H,1-3,6-8H2. The van der Waals surface area contributed by atoms with Crippen LogP contribution < -0.4 is 0 Å². The molecule has 2 rings (SSSR count). The summed E-state index contributed by atoms with van der Waals surface area (Å²) >= 11 is 11.7. The van der Waals surface area contributed by atoms with Crippen molar-refractivity contribution in [2.45, 2.75) is 31.7 Å². The molecule has 0 aliphatic carbocycles. The summed E-state index contributed by atoms with van der Waals surface area (Å²) in [4.78, 5) is 18.2. The number of aromatic nitrogens is 1. The van der Waals surface area contributed by atoms with Gasteiger partial charge in [0.05, 0.1) is 5.56 Å². The van der Waals surface area contributed by atoms with Crippen LogP contribution in [0.2, 0.25) is 10.3 Å². The Balaban J connectivity index is 2.21. The number of nitrogens with zero attached hydrogens (tertiary/aromatic N) is 2. The van der Waals surface area contributed by atoms with E-state index in [4.69, 9.17) is 28.3 Å². The van der Waals surface area contributed by atoms with Crippen LogP contribution in [-0.4, -0.2) is 40.1 Å². The molecule has 1 aliphatic heterocycles. The lowest BCUT2D eigenvalue weighted by molar-refractivity contribution is 0.0574. The lowest BCUT2D eigenvalue weighted by Crippen LogP contribution is -2.44. The number of likely N-dealkylation sites (tertiary alicyclic amines) is 1. The molecule has 0 spiro atoms. The fraction of sp³-hybridized carbons (Fsp3) is 0.538. The van der Waals surface area contributed by atoms with Crippen molar-refractivity contribution in [2.24, 2.45) is 0 Å². The van der Waals surface area contributed by atoms with Gasteiger partial charge in [0.1, 0.15) is 10.3 Å². The van der Waals surface area contributed by atoms with E-state index in [2.05, 4.69) is 4.98 Å². The summed E-state index contributed by atoms with van der Waals surface area (Å²) in [6, 6.07) is 3.24. The topological polar surface area (TPSA) is 53.4 Å².